The summed E-state index contributed by atoms with van der Waals surface area (Å²) in [6, 6.07) is 3.64. The van der Waals surface area contributed by atoms with Gasteiger partial charge in [-0.2, -0.15) is 18.2 Å². The smallest absolute Gasteiger partial charge is 0.421 e. The zero-order valence-electron chi connectivity index (χ0n) is 16.0. The monoisotopic (exact) mass is 397 g/mol. The number of anilines is 3. The van der Waals surface area contributed by atoms with E-state index in [2.05, 4.69) is 20.6 Å². The average molecular weight is 397 g/mol. The predicted molar refractivity (Wildman–Crippen MR) is 98.4 cm³/mol. The molecule has 0 spiro atoms. The Morgan fingerprint density at radius 1 is 1.21 bits per heavy atom. The molecule has 0 atom stereocenters. The van der Waals surface area contributed by atoms with Gasteiger partial charge in [-0.1, -0.05) is 6.07 Å². The molecule has 1 aromatic carbocycles. The second kappa shape index (κ2) is 7.10. The Morgan fingerprint density at radius 2 is 1.93 bits per heavy atom. The van der Waals surface area contributed by atoms with Crippen LogP contribution >= 0.6 is 0 Å². The van der Waals surface area contributed by atoms with Crippen LogP contribution in [0.2, 0.25) is 0 Å². The van der Waals surface area contributed by atoms with Crippen LogP contribution in [0.3, 0.4) is 0 Å². The van der Waals surface area contributed by atoms with E-state index in [0.717, 1.165) is 17.3 Å². The molecule has 3 rings (SSSR count). The Hall–Kier alpha value is -2.59. The highest BCUT2D eigenvalue weighted by atomic mass is 19.4. The highest BCUT2D eigenvalue weighted by Crippen LogP contribution is 2.40. The van der Waals surface area contributed by atoms with Crippen LogP contribution in [0.1, 0.15) is 30.5 Å². The lowest BCUT2D eigenvalue weighted by molar-refractivity contribution is -0.137. The van der Waals surface area contributed by atoms with Crippen molar-refractivity contribution in [3.8, 4) is 5.75 Å². The number of hydrogen-bond donors (Lipinski definition) is 3. The van der Waals surface area contributed by atoms with Crippen LogP contribution in [0.15, 0.2) is 18.3 Å². The molecule has 2 heterocycles. The van der Waals surface area contributed by atoms with Gasteiger partial charge in [0, 0.05) is 31.9 Å². The molecule has 2 aromatic rings. The van der Waals surface area contributed by atoms with Gasteiger partial charge in [0.05, 0.1) is 12.8 Å². The molecule has 0 bridgehead atoms. The van der Waals surface area contributed by atoms with Crippen LogP contribution in [-0.4, -0.2) is 39.9 Å². The lowest BCUT2D eigenvalue weighted by Crippen LogP contribution is -2.39. The largest absolute Gasteiger partial charge is 0.494 e. The van der Waals surface area contributed by atoms with Crippen LogP contribution < -0.4 is 15.4 Å². The molecule has 0 radical (unpaired) electrons. The van der Waals surface area contributed by atoms with Crippen molar-refractivity contribution < 1.29 is 23.0 Å². The first-order valence-electron chi connectivity index (χ1n) is 8.59. The van der Waals surface area contributed by atoms with E-state index >= 15 is 0 Å². The van der Waals surface area contributed by atoms with Gasteiger partial charge in [-0.15, -0.1) is 0 Å². The number of rotatable bonds is 5. The minimum absolute atomic E-state index is 0.00735. The fourth-order valence-electron chi connectivity index (χ4n) is 3.12. The van der Waals surface area contributed by atoms with E-state index in [0.29, 0.717) is 24.5 Å². The number of aromatic nitrogens is 2. The summed E-state index contributed by atoms with van der Waals surface area (Å²) < 4.78 is 44.6. The van der Waals surface area contributed by atoms with Crippen molar-refractivity contribution in [2.24, 2.45) is 0 Å². The molecule has 0 fully saturated rings. The molecule has 28 heavy (non-hydrogen) atoms. The third-order valence-electron chi connectivity index (χ3n) is 4.62. The summed E-state index contributed by atoms with van der Waals surface area (Å²) in [7, 11) is 2.88. The summed E-state index contributed by atoms with van der Waals surface area (Å²) in [5, 5.41) is 15.6. The number of nitrogens with zero attached hydrogens (tertiary/aromatic N) is 3. The summed E-state index contributed by atoms with van der Waals surface area (Å²) in [5.41, 5.74) is 0.502. The number of halogens is 3. The topological polar surface area (TPSA) is 82.5 Å². The van der Waals surface area contributed by atoms with Crippen molar-refractivity contribution in [3.63, 3.8) is 0 Å². The van der Waals surface area contributed by atoms with Gasteiger partial charge in [0.2, 0.25) is 5.95 Å². The maximum absolute atomic E-state index is 13.0. The van der Waals surface area contributed by atoms with E-state index in [1.54, 1.807) is 19.9 Å². The minimum Gasteiger partial charge on any atom is -0.494 e. The van der Waals surface area contributed by atoms with E-state index in [1.165, 1.54) is 14.2 Å². The predicted octanol–water partition coefficient (Wildman–Crippen LogP) is 3.33. The van der Waals surface area contributed by atoms with Crippen molar-refractivity contribution in [2.75, 3.05) is 24.8 Å². The maximum Gasteiger partial charge on any atom is 0.421 e. The van der Waals surface area contributed by atoms with Crippen LogP contribution in [0.4, 0.5) is 30.6 Å². The molecule has 0 unspecified atom stereocenters. The second-order valence-corrected chi connectivity index (χ2v) is 6.96. The van der Waals surface area contributed by atoms with Crippen molar-refractivity contribution in [1.29, 1.82) is 0 Å². The molecule has 1 aliphatic rings. The van der Waals surface area contributed by atoms with Crippen molar-refractivity contribution in [2.45, 2.75) is 38.8 Å². The molecular formula is C18H22F3N5O2. The normalized spacial score (nSPS) is 14.7. The molecule has 0 saturated carbocycles. The quantitative estimate of drug-likeness (QED) is 0.714. The Kier molecular flexibility index (Phi) is 5.11. The molecule has 1 aromatic heterocycles. The maximum atomic E-state index is 13.0. The Balaban J connectivity index is 1.93. The Bertz CT molecular complexity index is 881. The lowest BCUT2D eigenvalue weighted by Gasteiger charge is -2.29. The van der Waals surface area contributed by atoms with Crippen molar-refractivity contribution >= 4 is 17.5 Å². The number of nitrogens with one attached hydrogen (secondary N) is 2. The molecule has 0 saturated heterocycles. The first-order valence-corrected chi connectivity index (χ1v) is 8.59. The van der Waals surface area contributed by atoms with Gasteiger partial charge < -0.3 is 20.5 Å². The van der Waals surface area contributed by atoms with Gasteiger partial charge in [0.15, 0.2) is 0 Å². The summed E-state index contributed by atoms with van der Waals surface area (Å²) in [6.07, 6.45) is -3.82. The van der Waals surface area contributed by atoms with E-state index in [4.69, 9.17) is 4.74 Å². The molecule has 1 aliphatic heterocycles. The highest BCUT2D eigenvalue weighted by molar-refractivity contribution is 5.68. The molecule has 0 aliphatic carbocycles. The molecular weight excluding hydrogens is 375 g/mol. The Morgan fingerprint density at radius 3 is 2.50 bits per heavy atom. The fraction of sp³-hybridized carbons (Fsp3) is 0.444. The number of fused-ring (bicyclic) bond motifs is 1. The number of methoxy groups -OCH3 is 1. The summed E-state index contributed by atoms with van der Waals surface area (Å²) in [4.78, 5) is 9.59. The molecule has 0 amide bonds. The van der Waals surface area contributed by atoms with Crippen LogP contribution in [0.25, 0.3) is 0 Å². The van der Waals surface area contributed by atoms with Crippen LogP contribution in [0, 0.1) is 0 Å². The van der Waals surface area contributed by atoms with Crippen LogP contribution in [-0.2, 0) is 19.3 Å². The number of benzene rings is 1. The van der Waals surface area contributed by atoms with E-state index in [1.807, 2.05) is 11.0 Å². The number of alkyl halides is 3. The SMILES string of the molecule is CNc1nc(Nc2ccc3c(c2OC)CN(C(C)(C)O)C3)ncc1C(F)(F)F. The van der Waals surface area contributed by atoms with E-state index in [9.17, 15) is 18.3 Å². The van der Waals surface area contributed by atoms with Gasteiger partial charge in [0.1, 0.15) is 22.9 Å². The van der Waals surface area contributed by atoms with Crippen LogP contribution in [0.5, 0.6) is 5.75 Å². The number of ether oxygens (including phenoxy) is 1. The van der Waals surface area contributed by atoms with E-state index in [-0.39, 0.29) is 11.8 Å². The molecule has 3 N–H and O–H groups in total. The van der Waals surface area contributed by atoms with Gasteiger partial charge >= 0.3 is 6.18 Å². The zero-order valence-corrected chi connectivity index (χ0v) is 16.0. The summed E-state index contributed by atoms with van der Waals surface area (Å²) >= 11 is 0. The van der Waals surface area contributed by atoms with Gasteiger partial charge in [-0.25, -0.2) is 4.98 Å². The number of aliphatic hydroxyl groups is 1. The first-order chi connectivity index (χ1) is 13.0. The van der Waals surface area contributed by atoms with Crippen molar-refractivity contribution in [3.05, 3.63) is 35.0 Å². The van der Waals surface area contributed by atoms with Crippen molar-refractivity contribution in [1.82, 2.24) is 14.9 Å². The Labute approximate surface area is 160 Å². The van der Waals surface area contributed by atoms with Gasteiger partial charge in [0.25, 0.3) is 0 Å². The second-order valence-electron chi connectivity index (χ2n) is 6.96. The molecule has 152 valence electrons. The molecule has 10 heteroatoms. The number of hydrogen-bond acceptors (Lipinski definition) is 7. The zero-order chi connectivity index (χ0) is 20.7. The fourth-order valence-corrected chi connectivity index (χ4v) is 3.12. The minimum atomic E-state index is -4.55. The van der Waals surface area contributed by atoms with Gasteiger partial charge in [-0.05, 0) is 25.5 Å². The first kappa shape index (κ1) is 20.2. The summed E-state index contributed by atoms with van der Waals surface area (Å²) in [5.74, 6) is 0.227. The third-order valence-corrected chi connectivity index (χ3v) is 4.62. The highest BCUT2D eigenvalue weighted by Gasteiger charge is 2.35. The van der Waals surface area contributed by atoms with Gasteiger partial charge in [-0.3, -0.25) is 4.90 Å². The average Bonchev–Trinajstić information content (AvgIpc) is 3.05. The van der Waals surface area contributed by atoms with E-state index < -0.39 is 17.5 Å². The standard InChI is InChI=1S/C18H22F3N5O2/c1-17(2,27)26-8-10-5-6-13(14(28-4)11(10)9-26)24-16-23-7-12(18(19,20)21)15(22-3)25-16/h5-7,27H,8-9H2,1-4H3,(H2,22,23,24,25). The third kappa shape index (κ3) is 3.83. The molecule has 7 nitrogen and oxygen atoms in total. The lowest BCUT2D eigenvalue weighted by atomic mass is 10.1. The summed E-state index contributed by atoms with van der Waals surface area (Å²) in [6.45, 7) is 4.46.